The van der Waals surface area contributed by atoms with Gasteiger partial charge in [0.05, 0.1) is 12.9 Å². The number of rotatable bonds is 6. The molecule has 5 nitrogen and oxygen atoms in total. The van der Waals surface area contributed by atoms with Crippen molar-refractivity contribution in [1.82, 2.24) is 0 Å². The van der Waals surface area contributed by atoms with Crippen molar-refractivity contribution >= 4 is 29.3 Å². The zero-order chi connectivity index (χ0) is 16.8. The highest BCUT2D eigenvalue weighted by atomic mass is 32.2. The van der Waals surface area contributed by atoms with Crippen LogP contribution in [0.4, 0.5) is 5.69 Å². The molecule has 2 aromatic carbocycles. The predicted molar refractivity (Wildman–Crippen MR) is 92.0 cm³/mol. The van der Waals surface area contributed by atoms with Crippen molar-refractivity contribution in [1.29, 1.82) is 0 Å². The Bertz CT molecular complexity index is 732. The zero-order valence-corrected chi connectivity index (χ0v) is 13.8. The van der Waals surface area contributed by atoms with Crippen LogP contribution < -0.4 is 15.8 Å². The number of hydrogen-bond donors (Lipinski definition) is 2. The van der Waals surface area contributed by atoms with E-state index in [1.807, 2.05) is 24.3 Å². The molecule has 0 unspecified atom stereocenters. The summed E-state index contributed by atoms with van der Waals surface area (Å²) in [5, 5.41) is 2.81. The first-order valence-corrected chi connectivity index (χ1v) is 7.96. The summed E-state index contributed by atoms with van der Waals surface area (Å²) in [5.74, 6) is 0.347. The van der Waals surface area contributed by atoms with Gasteiger partial charge >= 0.3 is 0 Å². The largest absolute Gasteiger partial charge is 0.497 e. The lowest BCUT2D eigenvalue weighted by atomic mass is 10.1. The summed E-state index contributed by atoms with van der Waals surface area (Å²) in [7, 11) is 1.60. The number of thioether (sulfide) groups is 1. The van der Waals surface area contributed by atoms with E-state index in [0.29, 0.717) is 16.8 Å². The maximum Gasteiger partial charge on any atom is 0.249 e. The van der Waals surface area contributed by atoms with Crippen LogP contribution in [0.25, 0.3) is 0 Å². The number of carbonyl (C=O) groups excluding carboxylic acids is 2. The van der Waals surface area contributed by atoms with Crippen molar-refractivity contribution in [2.75, 3.05) is 18.2 Å². The summed E-state index contributed by atoms with van der Waals surface area (Å²) in [6, 6.07) is 12.6. The molecule has 0 heterocycles. The van der Waals surface area contributed by atoms with Gasteiger partial charge in [0.2, 0.25) is 11.8 Å². The van der Waals surface area contributed by atoms with Gasteiger partial charge in [-0.1, -0.05) is 12.1 Å². The Morgan fingerprint density at radius 3 is 2.65 bits per heavy atom. The van der Waals surface area contributed by atoms with Gasteiger partial charge in [0.15, 0.2) is 0 Å². The molecule has 0 fully saturated rings. The van der Waals surface area contributed by atoms with Crippen LogP contribution in [-0.2, 0) is 4.79 Å². The Hall–Kier alpha value is -2.47. The third-order valence-electron chi connectivity index (χ3n) is 3.28. The quantitative estimate of drug-likeness (QED) is 0.798. The minimum absolute atomic E-state index is 0.150. The zero-order valence-electron chi connectivity index (χ0n) is 13.0. The van der Waals surface area contributed by atoms with Gasteiger partial charge in [0, 0.05) is 16.1 Å². The maximum atomic E-state index is 12.1. The maximum absolute atomic E-state index is 12.1. The molecule has 0 saturated heterocycles. The number of amides is 2. The van der Waals surface area contributed by atoms with E-state index in [0.717, 1.165) is 10.6 Å². The summed E-state index contributed by atoms with van der Waals surface area (Å²) < 4.78 is 5.15. The molecule has 23 heavy (non-hydrogen) atoms. The van der Waals surface area contributed by atoms with Crippen LogP contribution in [0.5, 0.6) is 5.75 Å². The Kier molecular flexibility index (Phi) is 5.65. The molecule has 6 heteroatoms. The number of hydrogen-bond acceptors (Lipinski definition) is 4. The molecule has 0 aromatic heterocycles. The second-order valence-electron chi connectivity index (χ2n) is 4.86. The van der Waals surface area contributed by atoms with E-state index in [2.05, 4.69) is 5.32 Å². The van der Waals surface area contributed by atoms with Gasteiger partial charge in [-0.25, -0.2) is 0 Å². The van der Waals surface area contributed by atoms with Crippen molar-refractivity contribution < 1.29 is 14.3 Å². The first kappa shape index (κ1) is 16.9. The minimum atomic E-state index is -0.510. The molecule has 3 N–H and O–H groups in total. The van der Waals surface area contributed by atoms with Crippen molar-refractivity contribution in [3.63, 3.8) is 0 Å². The van der Waals surface area contributed by atoms with Crippen LogP contribution in [0.15, 0.2) is 47.4 Å². The molecule has 0 aliphatic carbocycles. The number of anilines is 1. The molecule has 0 radical (unpaired) electrons. The Morgan fingerprint density at radius 2 is 1.96 bits per heavy atom. The van der Waals surface area contributed by atoms with Gasteiger partial charge in [-0.2, -0.15) is 0 Å². The monoisotopic (exact) mass is 330 g/mol. The molecule has 0 aliphatic heterocycles. The number of ether oxygens (including phenoxy) is 1. The van der Waals surface area contributed by atoms with Gasteiger partial charge in [0.25, 0.3) is 0 Å². The summed E-state index contributed by atoms with van der Waals surface area (Å²) >= 11 is 1.41. The van der Waals surface area contributed by atoms with E-state index in [4.69, 9.17) is 10.5 Å². The molecule has 2 rings (SSSR count). The lowest BCUT2D eigenvalue weighted by molar-refractivity contribution is -0.113. The SMILES string of the molecule is COc1cccc(SCC(=O)Nc2cccc(C(N)=O)c2C)c1. The molecule has 0 spiro atoms. The van der Waals surface area contributed by atoms with E-state index < -0.39 is 5.91 Å². The lowest BCUT2D eigenvalue weighted by Crippen LogP contribution is -2.17. The standard InChI is InChI=1S/C17H18N2O3S/c1-11-14(17(18)21)7-4-8-15(11)19-16(20)10-23-13-6-3-5-12(9-13)22-2/h3-9H,10H2,1-2H3,(H2,18,21)(H,19,20). The first-order chi connectivity index (χ1) is 11.0. The summed E-state index contributed by atoms with van der Waals surface area (Å²) in [4.78, 5) is 24.4. The molecular formula is C17H18N2O3S. The highest BCUT2D eigenvalue weighted by Gasteiger charge is 2.11. The van der Waals surface area contributed by atoms with Crippen LogP contribution in [0.3, 0.4) is 0 Å². The van der Waals surface area contributed by atoms with Gasteiger partial charge in [-0.3, -0.25) is 9.59 Å². The molecule has 0 bridgehead atoms. The lowest BCUT2D eigenvalue weighted by Gasteiger charge is -2.11. The number of nitrogens with two attached hydrogens (primary N) is 1. The average molecular weight is 330 g/mol. The number of primary amides is 1. The third kappa shape index (κ3) is 4.50. The topological polar surface area (TPSA) is 81.4 Å². The fourth-order valence-electron chi connectivity index (χ4n) is 2.06. The van der Waals surface area contributed by atoms with Gasteiger partial charge in [-0.15, -0.1) is 11.8 Å². The second kappa shape index (κ2) is 7.69. The Balaban J connectivity index is 2.00. The van der Waals surface area contributed by atoms with Crippen molar-refractivity contribution in [2.45, 2.75) is 11.8 Å². The van der Waals surface area contributed by atoms with Gasteiger partial charge in [0.1, 0.15) is 5.75 Å². The molecule has 120 valence electrons. The number of nitrogens with one attached hydrogen (secondary N) is 1. The van der Waals surface area contributed by atoms with Crippen LogP contribution >= 0.6 is 11.8 Å². The molecule has 2 amide bonds. The number of methoxy groups -OCH3 is 1. The van der Waals surface area contributed by atoms with E-state index in [9.17, 15) is 9.59 Å². The number of carbonyl (C=O) groups is 2. The second-order valence-corrected chi connectivity index (χ2v) is 5.91. The van der Waals surface area contributed by atoms with Crippen LogP contribution in [-0.4, -0.2) is 24.7 Å². The van der Waals surface area contributed by atoms with Crippen LogP contribution in [0.2, 0.25) is 0 Å². The molecule has 2 aromatic rings. The average Bonchev–Trinajstić information content (AvgIpc) is 2.55. The van der Waals surface area contributed by atoms with Crippen molar-refractivity contribution in [2.24, 2.45) is 5.73 Å². The van der Waals surface area contributed by atoms with Crippen LogP contribution in [0, 0.1) is 6.92 Å². The van der Waals surface area contributed by atoms with Gasteiger partial charge in [-0.05, 0) is 42.8 Å². The molecule has 0 atom stereocenters. The number of benzene rings is 2. The molecule has 0 aliphatic rings. The Labute approximate surface area is 139 Å². The highest BCUT2D eigenvalue weighted by Crippen LogP contribution is 2.24. The summed E-state index contributed by atoms with van der Waals surface area (Å²) in [6.45, 7) is 1.75. The molecular weight excluding hydrogens is 312 g/mol. The third-order valence-corrected chi connectivity index (χ3v) is 4.28. The fourth-order valence-corrected chi connectivity index (χ4v) is 2.81. The fraction of sp³-hybridized carbons (Fsp3) is 0.176. The smallest absolute Gasteiger partial charge is 0.249 e. The highest BCUT2D eigenvalue weighted by molar-refractivity contribution is 8.00. The van der Waals surface area contributed by atoms with E-state index in [1.54, 1.807) is 32.2 Å². The summed E-state index contributed by atoms with van der Waals surface area (Å²) in [6.07, 6.45) is 0. The predicted octanol–water partition coefficient (Wildman–Crippen LogP) is 2.83. The van der Waals surface area contributed by atoms with Crippen LogP contribution in [0.1, 0.15) is 15.9 Å². The van der Waals surface area contributed by atoms with E-state index >= 15 is 0 Å². The Morgan fingerprint density at radius 1 is 1.22 bits per heavy atom. The van der Waals surface area contributed by atoms with E-state index in [-0.39, 0.29) is 11.7 Å². The van der Waals surface area contributed by atoms with Gasteiger partial charge < -0.3 is 15.8 Å². The minimum Gasteiger partial charge on any atom is -0.497 e. The normalized spacial score (nSPS) is 10.2. The van der Waals surface area contributed by atoms with E-state index in [1.165, 1.54) is 11.8 Å². The molecule has 0 saturated carbocycles. The first-order valence-electron chi connectivity index (χ1n) is 6.97. The summed E-state index contributed by atoms with van der Waals surface area (Å²) in [5.41, 5.74) is 6.98. The van der Waals surface area contributed by atoms with Crippen molar-refractivity contribution in [3.8, 4) is 5.75 Å². The van der Waals surface area contributed by atoms with Crippen molar-refractivity contribution in [3.05, 3.63) is 53.6 Å².